The number of hydrogen-bond donors (Lipinski definition) is 7. The van der Waals surface area contributed by atoms with Crippen LogP contribution in [0.5, 0.6) is 11.5 Å². The van der Waals surface area contributed by atoms with E-state index in [1.165, 1.54) is 30.0 Å². The molecule has 0 saturated carbocycles. The molecule has 1 aromatic carbocycles. The molecule has 21 heteroatoms. The lowest BCUT2D eigenvalue weighted by Gasteiger charge is -2.49. The van der Waals surface area contributed by atoms with Crippen LogP contribution in [0.25, 0.3) is 10.9 Å². The van der Waals surface area contributed by atoms with Crippen LogP contribution in [0.4, 0.5) is 5.13 Å². The zero-order valence-electron chi connectivity index (χ0n) is 26.2. The Bertz CT molecular complexity index is 2110. The number of nitrogens with two attached hydrogens (primary N) is 1. The number of pyridine rings is 1. The molecule has 2 aromatic heterocycles. The van der Waals surface area contributed by atoms with Crippen LogP contribution in [-0.4, -0.2) is 99.6 Å². The van der Waals surface area contributed by atoms with Gasteiger partial charge in [-0.15, -0.1) is 23.1 Å². The number of hydrogen-bond acceptors (Lipinski definition) is 14. The first kappa shape index (κ1) is 36.0. The van der Waals surface area contributed by atoms with Gasteiger partial charge in [0.1, 0.15) is 28.4 Å². The van der Waals surface area contributed by atoms with Crippen LogP contribution in [0.3, 0.4) is 0 Å². The Labute approximate surface area is 294 Å². The Morgan fingerprint density at radius 2 is 1.92 bits per heavy atom. The average molecular weight is 750 g/mol. The fourth-order valence-electron chi connectivity index (χ4n) is 5.01. The molecule has 1 fully saturated rings. The molecule has 18 nitrogen and oxygen atoms in total. The van der Waals surface area contributed by atoms with Gasteiger partial charge in [-0.1, -0.05) is 16.8 Å². The third kappa shape index (κ3) is 6.39. The monoisotopic (exact) mass is 749 g/mol. The number of nitrogen functional groups attached to an aromatic ring is 1. The number of aliphatic carboxylic acids is 2. The minimum atomic E-state index is -1.83. The third-order valence-electron chi connectivity index (χ3n) is 7.71. The van der Waals surface area contributed by atoms with Crippen LogP contribution >= 0.6 is 34.7 Å². The number of phenols is 2. The zero-order valence-corrected chi connectivity index (χ0v) is 28.6. The highest BCUT2D eigenvalue weighted by atomic mass is 35.5. The van der Waals surface area contributed by atoms with Gasteiger partial charge in [0.2, 0.25) is 11.0 Å². The van der Waals surface area contributed by atoms with Crippen molar-refractivity contribution in [3.8, 4) is 11.5 Å². The third-order valence-corrected chi connectivity index (χ3v) is 10.1. The smallest absolute Gasteiger partial charge is 0.352 e. The second kappa shape index (κ2) is 13.5. The predicted molar refractivity (Wildman–Crippen MR) is 180 cm³/mol. The topological polar surface area (TPSA) is 276 Å². The molecule has 3 amide bonds. The molecule has 50 heavy (non-hydrogen) atoms. The molecule has 0 bridgehead atoms. The van der Waals surface area contributed by atoms with E-state index in [4.69, 9.17) is 22.2 Å². The molecule has 0 aliphatic carbocycles. The number of anilines is 1. The maximum absolute atomic E-state index is 13.3. The van der Waals surface area contributed by atoms with Crippen LogP contribution in [0.2, 0.25) is 5.02 Å². The van der Waals surface area contributed by atoms with Crippen LogP contribution < -0.4 is 21.8 Å². The molecule has 1 unspecified atom stereocenters. The van der Waals surface area contributed by atoms with E-state index >= 15 is 0 Å². The summed E-state index contributed by atoms with van der Waals surface area (Å²) < 4.78 is 1.46. The number of nitrogens with one attached hydrogen (secondary N) is 2. The normalized spacial score (nSPS) is 17.6. The summed E-state index contributed by atoms with van der Waals surface area (Å²) in [5.41, 5.74) is 1.99. The number of carbonyl (C=O) groups excluding carboxylic acids is 3. The van der Waals surface area contributed by atoms with Crippen molar-refractivity contribution in [2.75, 3.05) is 18.0 Å². The van der Waals surface area contributed by atoms with E-state index in [1.807, 2.05) is 0 Å². The summed E-state index contributed by atoms with van der Waals surface area (Å²) in [5, 5.41) is 48.1. The lowest BCUT2D eigenvalue weighted by molar-refractivity contribution is -0.161. The van der Waals surface area contributed by atoms with Crippen molar-refractivity contribution in [3.05, 3.63) is 55.4 Å². The van der Waals surface area contributed by atoms with Crippen molar-refractivity contribution in [2.45, 2.75) is 44.3 Å². The Balaban J connectivity index is 1.36. The van der Waals surface area contributed by atoms with E-state index in [1.54, 1.807) is 6.92 Å². The quantitative estimate of drug-likeness (QED) is 0.0621. The zero-order chi connectivity index (χ0) is 36.8. The van der Waals surface area contributed by atoms with Crippen molar-refractivity contribution < 1.29 is 49.2 Å². The van der Waals surface area contributed by atoms with Gasteiger partial charge in [-0.3, -0.25) is 24.1 Å². The van der Waals surface area contributed by atoms with Crippen LogP contribution in [0.1, 0.15) is 36.8 Å². The minimum Gasteiger partial charge on any atom is -0.504 e. The Morgan fingerprint density at radius 3 is 2.52 bits per heavy atom. The maximum atomic E-state index is 13.3. The number of oxime groups is 1. The fraction of sp³-hybridized carbons (Fsp3) is 0.310. The highest BCUT2D eigenvalue weighted by molar-refractivity contribution is 8.00. The van der Waals surface area contributed by atoms with Gasteiger partial charge in [-0.05, 0) is 26.3 Å². The van der Waals surface area contributed by atoms with Crippen molar-refractivity contribution in [3.63, 3.8) is 0 Å². The van der Waals surface area contributed by atoms with E-state index in [9.17, 15) is 49.2 Å². The number of amides is 3. The summed E-state index contributed by atoms with van der Waals surface area (Å²) in [6, 6.07) is -0.0868. The van der Waals surface area contributed by atoms with Gasteiger partial charge in [0.15, 0.2) is 22.3 Å². The average Bonchev–Trinajstić information content (AvgIpc) is 3.49. The van der Waals surface area contributed by atoms with Crippen molar-refractivity contribution in [1.29, 1.82) is 0 Å². The largest absolute Gasteiger partial charge is 0.504 e. The molecule has 4 heterocycles. The summed E-state index contributed by atoms with van der Waals surface area (Å²) in [7, 11) is 0. The molecule has 5 rings (SSSR count). The number of fused-ring (bicyclic) bond motifs is 2. The second-order valence-electron chi connectivity index (χ2n) is 11.3. The first-order chi connectivity index (χ1) is 23.5. The number of halogens is 1. The minimum absolute atomic E-state index is 0.00189. The number of phenolic OH excluding ortho intramolecular Hbond substituents is 2. The maximum Gasteiger partial charge on any atom is 0.352 e. The number of carboxylic acids is 2. The van der Waals surface area contributed by atoms with E-state index in [0.717, 1.165) is 34.1 Å². The molecule has 2 atom stereocenters. The Kier molecular flexibility index (Phi) is 9.72. The molecule has 2 aliphatic heterocycles. The number of aromatic hydroxyl groups is 2. The first-order valence-corrected chi connectivity index (χ1v) is 16.8. The lowest BCUT2D eigenvalue weighted by atomic mass is 10.0. The summed E-state index contributed by atoms with van der Waals surface area (Å²) in [6.07, 6.45) is 1.24. The SMILES string of the molecule is CCn1cc(C(=O)NCC2=C(C(=O)O)N3C(=O)C(NC(=O)/C(=N\OC(C)(C)C(=O)O)c4csc(N)n4)[C@H]3SC2)c(=O)c2c(Cl)c(O)c(O)cc21. The predicted octanol–water partition coefficient (Wildman–Crippen LogP) is 0.877. The number of rotatable bonds is 11. The van der Waals surface area contributed by atoms with Gasteiger partial charge < -0.3 is 46.2 Å². The van der Waals surface area contributed by atoms with Crippen molar-refractivity contribution in [2.24, 2.45) is 5.16 Å². The molecule has 0 spiro atoms. The van der Waals surface area contributed by atoms with Gasteiger partial charge in [0.25, 0.3) is 17.7 Å². The van der Waals surface area contributed by atoms with Crippen LogP contribution in [-0.2, 0) is 30.6 Å². The van der Waals surface area contributed by atoms with Gasteiger partial charge in [0, 0.05) is 36.5 Å². The number of thioether (sulfide) groups is 1. The lowest BCUT2D eigenvalue weighted by Crippen LogP contribution is -2.71. The molecule has 3 aromatic rings. The summed E-state index contributed by atoms with van der Waals surface area (Å²) in [6.45, 7) is 3.98. The van der Waals surface area contributed by atoms with Gasteiger partial charge in [-0.2, -0.15) is 0 Å². The van der Waals surface area contributed by atoms with E-state index in [0.29, 0.717) is 0 Å². The molecular formula is C29H28ClN7O11S2. The van der Waals surface area contributed by atoms with Crippen molar-refractivity contribution in [1.82, 2.24) is 25.1 Å². The summed E-state index contributed by atoms with van der Waals surface area (Å²) in [4.78, 5) is 87.0. The van der Waals surface area contributed by atoms with E-state index < -0.39 is 80.0 Å². The van der Waals surface area contributed by atoms with Gasteiger partial charge in [-0.25, -0.2) is 14.6 Å². The van der Waals surface area contributed by atoms with Crippen molar-refractivity contribution >= 4 is 86.1 Å². The molecule has 264 valence electrons. The highest BCUT2D eigenvalue weighted by Crippen LogP contribution is 2.41. The highest BCUT2D eigenvalue weighted by Gasteiger charge is 2.54. The molecule has 8 N–H and O–H groups in total. The van der Waals surface area contributed by atoms with E-state index in [-0.39, 0.29) is 51.7 Å². The summed E-state index contributed by atoms with van der Waals surface area (Å²) >= 11 is 8.21. The molecule has 1 saturated heterocycles. The van der Waals surface area contributed by atoms with E-state index in [2.05, 4.69) is 20.8 Å². The van der Waals surface area contributed by atoms with Crippen LogP contribution in [0, 0.1) is 0 Å². The number of aryl methyl sites for hydroxylation is 1. The number of thiazole rings is 1. The van der Waals surface area contributed by atoms with Gasteiger partial charge >= 0.3 is 11.9 Å². The number of aromatic nitrogens is 2. The summed E-state index contributed by atoms with van der Waals surface area (Å²) in [5.74, 6) is -6.80. The molecular weight excluding hydrogens is 722 g/mol. The number of benzene rings is 1. The number of nitrogens with zero attached hydrogens (tertiary/aromatic N) is 4. The van der Waals surface area contributed by atoms with Crippen LogP contribution in [0.15, 0.2) is 38.9 Å². The number of carboxylic acid groups (broad SMARTS) is 2. The number of β-lactam (4-membered cyclic amide) rings is 1. The fourth-order valence-corrected chi connectivity index (χ4v) is 7.18. The van der Waals surface area contributed by atoms with Gasteiger partial charge in [0.05, 0.1) is 15.9 Å². The second-order valence-corrected chi connectivity index (χ2v) is 13.7. The standard InChI is InChI=1S/C29H28ClN7O11S2/c1-4-36-7-11(20(39)15-13(36)5-14(38)21(40)16(15)30)22(41)32-6-10-8-49-25-18(24(43)37(25)19(10)26(44)45)34-23(42)17(12-9-50-28(31)33-12)35-48-29(2,3)27(46)47/h5,7,9,18,25,38,40H,4,6,8H2,1-3H3,(H2,31,33)(H,32,41)(H,34,42)(H,44,45)(H,46,47)/b35-17-/t18?,25-/m1/s1. The Morgan fingerprint density at radius 1 is 1.22 bits per heavy atom. The molecule has 2 aliphatic rings. The number of carbonyl (C=O) groups is 5. The Hall–Kier alpha value is -5.34. The molecule has 0 radical (unpaired) electrons. The first-order valence-electron chi connectivity index (χ1n) is 14.5.